The van der Waals surface area contributed by atoms with Gasteiger partial charge in [-0.05, 0) is 49.1 Å². The highest BCUT2D eigenvalue weighted by Crippen LogP contribution is 2.32. The summed E-state index contributed by atoms with van der Waals surface area (Å²) in [6.07, 6.45) is 1.80. The fourth-order valence-electron chi connectivity index (χ4n) is 2.95. The Bertz CT molecular complexity index is 973. The summed E-state index contributed by atoms with van der Waals surface area (Å²) in [5, 5.41) is 10.7. The van der Waals surface area contributed by atoms with Crippen molar-refractivity contribution in [3.63, 3.8) is 0 Å². The fraction of sp³-hybridized carbons (Fsp3) is 0.333. The predicted molar refractivity (Wildman–Crippen MR) is 125 cm³/mol. The second-order valence-electron chi connectivity index (χ2n) is 8.19. The fourth-order valence-corrected chi connectivity index (χ4v) is 3.91. The smallest absolute Gasteiger partial charge is 0.283 e. The maximum Gasteiger partial charge on any atom is 0.283 e. The van der Waals surface area contributed by atoms with Gasteiger partial charge in [-0.15, -0.1) is 0 Å². The Hall–Kier alpha value is -2.57. The van der Waals surface area contributed by atoms with Gasteiger partial charge in [0.15, 0.2) is 5.17 Å². The van der Waals surface area contributed by atoms with Gasteiger partial charge in [-0.3, -0.25) is 9.69 Å². The Morgan fingerprint density at radius 2 is 1.90 bits per heavy atom. The quantitative estimate of drug-likeness (QED) is 0.658. The van der Waals surface area contributed by atoms with E-state index in [9.17, 15) is 9.90 Å². The molecule has 0 atom stereocenters. The van der Waals surface area contributed by atoms with Crippen molar-refractivity contribution >= 4 is 34.6 Å². The first-order valence-corrected chi connectivity index (χ1v) is 10.9. The lowest BCUT2D eigenvalue weighted by atomic mass is 10.0. The molecule has 0 bridgehead atoms. The molecule has 1 N–H and O–H groups in total. The third-order valence-electron chi connectivity index (χ3n) is 4.60. The van der Waals surface area contributed by atoms with Crippen molar-refractivity contribution in [3.8, 4) is 5.75 Å². The number of methoxy groups -OCH3 is 1. The standard InChI is InChI=1S/C24H28N2O3S/c1-16(2)18-11-9-17(10-12-18)13-21-22(27)26(19-7-6-8-20(14-19)29-5)23(25-21)30-15-24(3,4)28/h6-14,16,28H,15H2,1-5H3. The number of carbonyl (C=O) groups excluding carboxylic acids is 1. The molecule has 0 spiro atoms. The van der Waals surface area contributed by atoms with Gasteiger partial charge in [0, 0.05) is 11.8 Å². The molecule has 0 unspecified atom stereocenters. The van der Waals surface area contributed by atoms with Gasteiger partial charge in [-0.2, -0.15) is 0 Å². The van der Waals surface area contributed by atoms with Gasteiger partial charge in [-0.25, -0.2) is 4.99 Å². The van der Waals surface area contributed by atoms with Crippen LogP contribution in [-0.4, -0.2) is 34.6 Å². The van der Waals surface area contributed by atoms with Crippen molar-refractivity contribution in [2.45, 2.75) is 39.2 Å². The first-order chi connectivity index (χ1) is 14.2. The lowest BCUT2D eigenvalue weighted by Crippen LogP contribution is -2.32. The highest BCUT2D eigenvalue weighted by atomic mass is 32.2. The molecule has 0 saturated carbocycles. The summed E-state index contributed by atoms with van der Waals surface area (Å²) in [6, 6.07) is 15.5. The van der Waals surface area contributed by atoms with Gasteiger partial charge in [0.25, 0.3) is 5.91 Å². The first-order valence-electron chi connectivity index (χ1n) is 9.92. The molecule has 1 aliphatic rings. The van der Waals surface area contributed by atoms with Crippen LogP contribution in [-0.2, 0) is 4.79 Å². The van der Waals surface area contributed by atoms with Crippen molar-refractivity contribution in [2.75, 3.05) is 17.8 Å². The van der Waals surface area contributed by atoms with Crippen molar-refractivity contribution in [2.24, 2.45) is 4.99 Å². The van der Waals surface area contributed by atoms with Gasteiger partial charge in [-0.1, -0.05) is 55.9 Å². The van der Waals surface area contributed by atoms with Crippen LogP contribution < -0.4 is 9.64 Å². The number of benzene rings is 2. The maximum atomic E-state index is 13.2. The number of amides is 1. The van der Waals surface area contributed by atoms with Crippen molar-refractivity contribution in [3.05, 3.63) is 65.4 Å². The number of aliphatic imine (C=N–C) groups is 1. The zero-order valence-electron chi connectivity index (χ0n) is 18.0. The number of rotatable bonds is 6. The Kier molecular flexibility index (Phi) is 6.68. The normalized spacial score (nSPS) is 15.8. The van der Waals surface area contributed by atoms with E-state index in [0.29, 0.717) is 34.0 Å². The molecule has 158 valence electrons. The number of nitrogens with zero attached hydrogens (tertiary/aromatic N) is 2. The lowest BCUT2D eigenvalue weighted by Gasteiger charge is -2.21. The average molecular weight is 425 g/mol. The molecular formula is C24H28N2O3S. The third kappa shape index (κ3) is 5.32. The zero-order valence-corrected chi connectivity index (χ0v) is 18.9. The summed E-state index contributed by atoms with van der Waals surface area (Å²) in [5.74, 6) is 1.32. The van der Waals surface area contributed by atoms with Crippen molar-refractivity contribution in [1.82, 2.24) is 0 Å². The Morgan fingerprint density at radius 3 is 2.50 bits per heavy atom. The van der Waals surface area contributed by atoms with Gasteiger partial charge in [0.05, 0.1) is 18.4 Å². The first kappa shape index (κ1) is 22.1. The van der Waals surface area contributed by atoms with Crippen LogP contribution in [0, 0.1) is 0 Å². The molecular weight excluding hydrogens is 396 g/mol. The molecule has 1 amide bonds. The highest BCUT2D eigenvalue weighted by Gasteiger charge is 2.33. The van der Waals surface area contributed by atoms with Crippen LogP contribution in [0.2, 0.25) is 0 Å². The zero-order chi connectivity index (χ0) is 21.9. The number of hydrogen-bond acceptors (Lipinski definition) is 5. The number of anilines is 1. The molecule has 1 aliphatic heterocycles. The van der Waals surface area contributed by atoms with E-state index in [2.05, 4.69) is 31.0 Å². The molecule has 2 aromatic rings. The molecule has 0 saturated heterocycles. The van der Waals surface area contributed by atoms with Gasteiger partial charge in [0.2, 0.25) is 0 Å². The minimum atomic E-state index is -0.880. The molecule has 0 radical (unpaired) electrons. The molecule has 2 aromatic carbocycles. The second kappa shape index (κ2) is 9.06. The minimum Gasteiger partial charge on any atom is -0.497 e. The molecule has 30 heavy (non-hydrogen) atoms. The summed E-state index contributed by atoms with van der Waals surface area (Å²) in [7, 11) is 1.59. The van der Waals surface area contributed by atoms with Crippen LogP contribution in [0.15, 0.2) is 59.2 Å². The molecule has 5 nitrogen and oxygen atoms in total. The Balaban J connectivity index is 1.96. The summed E-state index contributed by atoms with van der Waals surface area (Å²) in [6.45, 7) is 7.77. The predicted octanol–water partition coefficient (Wildman–Crippen LogP) is 5.07. The Labute approximate surface area is 182 Å². The van der Waals surface area contributed by atoms with Gasteiger partial charge < -0.3 is 9.84 Å². The van der Waals surface area contributed by atoms with E-state index in [1.165, 1.54) is 17.3 Å². The highest BCUT2D eigenvalue weighted by molar-refractivity contribution is 8.14. The third-order valence-corrected chi connectivity index (χ3v) is 5.98. The van der Waals surface area contributed by atoms with Crippen LogP contribution >= 0.6 is 11.8 Å². The monoisotopic (exact) mass is 424 g/mol. The van der Waals surface area contributed by atoms with E-state index in [4.69, 9.17) is 4.74 Å². The van der Waals surface area contributed by atoms with E-state index in [1.54, 1.807) is 38.0 Å². The van der Waals surface area contributed by atoms with E-state index in [1.807, 2.05) is 30.3 Å². The minimum absolute atomic E-state index is 0.200. The van der Waals surface area contributed by atoms with E-state index in [0.717, 1.165) is 5.56 Å². The number of carbonyl (C=O) groups is 1. The SMILES string of the molecule is COc1cccc(N2C(=O)C(=Cc3ccc(C(C)C)cc3)N=C2SCC(C)(C)O)c1. The molecule has 3 rings (SSSR count). The molecule has 0 aromatic heterocycles. The van der Waals surface area contributed by atoms with Crippen LogP contribution in [0.5, 0.6) is 5.75 Å². The average Bonchev–Trinajstić information content (AvgIpc) is 3.01. The number of thioether (sulfide) groups is 1. The lowest BCUT2D eigenvalue weighted by molar-refractivity contribution is -0.113. The molecule has 1 heterocycles. The number of ether oxygens (including phenoxy) is 1. The Morgan fingerprint density at radius 1 is 1.20 bits per heavy atom. The van der Waals surface area contributed by atoms with Crippen LogP contribution in [0.1, 0.15) is 44.7 Å². The maximum absolute atomic E-state index is 13.2. The van der Waals surface area contributed by atoms with Crippen molar-refractivity contribution < 1.29 is 14.6 Å². The summed E-state index contributed by atoms with van der Waals surface area (Å²) in [4.78, 5) is 19.4. The summed E-state index contributed by atoms with van der Waals surface area (Å²) in [5.41, 5.74) is 2.34. The van der Waals surface area contributed by atoms with Crippen LogP contribution in [0.4, 0.5) is 5.69 Å². The molecule has 0 fully saturated rings. The van der Waals surface area contributed by atoms with Gasteiger partial charge >= 0.3 is 0 Å². The topological polar surface area (TPSA) is 62.1 Å². The van der Waals surface area contributed by atoms with Crippen molar-refractivity contribution in [1.29, 1.82) is 0 Å². The number of hydrogen-bond donors (Lipinski definition) is 1. The van der Waals surface area contributed by atoms with E-state index in [-0.39, 0.29) is 5.91 Å². The van der Waals surface area contributed by atoms with Crippen LogP contribution in [0.25, 0.3) is 6.08 Å². The van der Waals surface area contributed by atoms with E-state index < -0.39 is 5.60 Å². The number of amidine groups is 1. The molecule has 6 heteroatoms. The second-order valence-corrected chi connectivity index (χ2v) is 9.13. The number of aliphatic hydroxyl groups is 1. The van der Waals surface area contributed by atoms with E-state index >= 15 is 0 Å². The van der Waals surface area contributed by atoms with Crippen LogP contribution in [0.3, 0.4) is 0 Å². The van der Waals surface area contributed by atoms with Gasteiger partial charge in [0.1, 0.15) is 11.4 Å². The largest absolute Gasteiger partial charge is 0.497 e. The summed E-state index contributed by atoms with van der Waals surface area (Å²) >= 11 is 1.36. The summed E-state index contributed by atoms with van der Waals surface area (Å²) < 4.78 is 5.31. The molecule has 0 aliphatic carbocycles.